The average Bonchev–Trinajstić information content (AvgIpc) is 2.92. The molecule has 0 spiro atoms. The van der Waals surface area contributed by atoms with E-state index in [2.05, 4.69) is 4.98 Å². The molecule has 0 radical (unpaired) electrons. The van der Waals surface area contributed by atoms with Gasteiger partial charge >= 0.3 is 5.97 Å². The number of esters is 1. The molecule has 6 nitrogen and oxygen atoms in total. The van der Waals surface area contributed by atoms with E-state index >= 15 is 0 Å². The van der Waals surface area contributed by atoms with Crippen molar-refractivity contribution in [3.05, 3.63) is 58.2 Å². The lowest BCUT2D eigenvalue weighted by Gasteiger charge is -2.17. The number of benzene rings is 1. The van der Waals surface area contributed by atoms with Crippen LogP contribution in [0.5, 0.6) is 0 Å². The van der Waals surface area contributed by atoms with Gasteiger partial charge in [-0.1, -0.05) is 18.2 Å². The molecule has 1 N–H and O–H groups in total. The van der Waals surface area contributed by atoms with Crippen molar-refractivity contribution in [1.82, 2.24) is 9.88 Å². The Hall–Kier alpha value is -2.96. The molecule has 0 aliphatic rings. The van der Waals surface area contributed by atoms with Gasteiger partial charge in [0.1, 0.15) is 5.82 Å². The van der Waals surface area contributed by atoms with Crippen LogP contribution in [-0.4, -0.2) is 41.7 Å². The number of methoxy groups -OCH3 is 1. The molecule has 7 heteroatoms. The molecule has 0 unspecified atom stereocenters. The fourth-order valence-electron chi connectivity index (χ4n) is 2.78. The van der Waals surface area contributed by atoms with Crippen molar-refractivity contribution in [3.63, 3.8) is 0 Å². The molecule has 0 fully saturated rings. The largest absolute Gasteiger partial charge is 0.465 e. The summed E-state index contributed by atoms with van der Waals surface area (Å²) in [5.41, 5.74) is 1.60. The number of rotatable bonds is 6. The summed E-state index contributed by atoms with van der Waals surface area (Å²) in [7, 11) is 2.78. The lowest BCUT2D eigenvalue weighted by molar-refractivity contribution is -0.129. The molecule has 0 saturated carbocycles. The Kier molecular flexibility index (Phi) is 5.92. The molecule has 2 rings (SSSR count). The van der Waals surface area contributed by atoms with Gasteiger partial charge in [-0.15, -0.1) is 0 Å². The third kappa shape index (κ3) is 3.99. The molecule has 0 saturated heterocycles. The molecule has 1 aromatic heterocycles. The Balaban J connectivity index is 2.25. The average molecular weight is 360 g/mol. The van der Waals surface area contributed by atoms with Crippen molar-refractivity contribution in [3.8, 4) is 0 Å². The highest BCUT2D eigenvalue weighted by molar-refractivity contribution is 6.01. The van der Waals surface area contributed by atoms with Gasteiger partial charge in [0.2, 0.25) is 5.91 Å². The molecule has 138 valence electrons. The van der Waals surface area contributed by atoms with Crippen LogP contribution in [-0.2, 0) is 22.5 Å². The number of aromatic amines is 1. The Morgan fingerprint density at radius 2 is 1.88 bits per heavy atom. The normalized spacial score (nSPS) is 10.5. The molecule has 0 aliphatic heterocycles. The van der Waals surface area contributed by atoms with Gasteiger partial charge in [-0.25, -0.2) is 9.18 Å². The van der Waals surface area contributed by atoms with Crippen LogP contribution >= 0.6 is 0 Å². The fraction of sp³-hybridized carbons (Fsp3) is 0.316. The first-order valence-electron chi connectivity index (χ1n) is 8.04. The van der Waals surface area contributed by atoms with E-state index in [4.69, 9.17) is 4.74 Å². The zero-order chi connectivity index (χ0) is 19.4. The van der Waals surface area contributed by atoms with Crippen molar-refractivity contribution in [1.29, 1.82) is 0 Å². The molecule has 0 atom stereocenters. The minimum atomic E-state index is -0.620. The number of carbonyl (C=O) groups excluding carboxylic acids is 3. The van der Waals surface area contributed by atoms with E-state index in [-0.39, 0.29) is 35.9 Å². The highest BCUT2D eigenvalue weighted by Gasteiger charge is 2.25. The second-order valence-electron chi connectivity index (χ2n) is 6.04. The fourth-order valence-corrected chi connectivity index (χ4v) is 2.78. The number of aromatic nitrogens is 1. The van der Waals surface area contributed by atoms with E-state index in [1.807, 2.05) is 0 Å². The molecular weight excluding hydrogens is 339 g/mol. The predicted molar refractivity (Wildman–Crippen MR) is 93.5 cm³/mol. The zero-order valence-electron chi connectivity index (χ0n) is 15.2. The number of nitrogens with one attached hydrogen (secondary N) is 1. The number of H-pyrrole nitrogens is 1. The summed E-state index contributed by atoms with van der Waals surface area (Å²) in [5, 5.41) is 0. The number of likely N-dealkylation sites (N-methyl/N-ethyl adjacent to an activating group) is 1. The van der Waals surface area contributed by atoms with Gasteiger partial charge in [-0.05, 0) is 18.6 Å². The summed E-state index contributed by atoms with van der Waals surface area (Å²) in [6.45, 7) is 3.09. The van der Waals surface area contributed by atoms with Gasteiger partial charge in [-0.3, -0.25) is 9.59 Å². The first-order valence-corrected chi connectivity index (χ1v) is 8.04. The van der Waals surface area contributed by atoms with Crippen LogP contribution in [0.25, 0.3) is 0 Å². The van der Waals surface area contributed by atoms with Crippen LogP contribution in [0.4, 0.5) is 4.39 Å². The standard InChI is InChI=1S/C19H21FN2O4/c1-11-17(19(25)26-4)15(21-18(11)12(2)23)9-16(24)22(3)10-13-7-5-6-8-14(13)20/h5-8,21H,9-10H2,1-4H3. The number of Topliss-reactive ketones (excluding diaryl/α,β-unsaturated/α-hetero) is 1. The van der Waals surface area contributed by atoms with Crippen molar-refractivity contribution in [2.24, 2.45) is 0 Å². The van der Waals surface area contributed by atoms with Gasteiger partial charge < -0.3 is 14.6 Å². The third-order valence-electron chi connectivity index (χ3n) is 4.19. The molecule has 1 heterocycles. The minimum Gasteiger partial charge on any atom is -0.465 e. The zero-order valence-corrected chi connectivity index (χ0v) is 15.2. The third-order valence-corrected chi connectivity index (χ3v) is 4.19. The Labute approximate surface area is 151 Å². The highest BCUT2D eigenvalue weighted by atomic mass is 19.1. The van der Waals surface area contributed by atoms with Gasteiger partial charge in [0.25, 0.3) is 0 Å². The highest BCUT2D eigenvalue weighted by Crippen LogP contribution is 2.21. The number of nitrogens with zero attached hydrogens (tertiary/aromatic N) is 1. The van der Waals surface area contributed by atoms with Gasteiger partial charge in [0, 0.05) is 31.8 Å². The number of amides is 1. The monoisotopic (exact) mass is 360 g/mol. The molecule has 0 bridgehead atoms. The molecule has 0 aliphatic carbocycles. The van der Waals surface area contributed by atoms with E-state index in [1.54, 1.807) is 32.2 Å². The van der Waals surface area contributed by atoms with E-state index in [9.17, 15) is 18.8 Å². The summed E-state index contributed by atoms with van der Waals surface area (Å²) in [6.07, 6.45) is -0.135. The molecule has 1 amide bonds. The topological polar surface area (TPSA) is 79.5 Å². The summed E-state index contributed by atoms with van der Waals surface area (Å²) >= 11 is 0. The summed E-state index contributed by atoms with van der Waals surface area (Å²) < 4.78 is 18.5. The molecule has 26 heavy (non-hydrogen) atoms. The minimum absolute atomic E-state index is 0.0956. The van der Waals surface area contributed by atoms with Crippen molar-refractivity contribution < 1.29 is 23.5 Å². The molecular formula is C19H21FN2O4. The summed E-state index contributed by atoms with van der Waals surface area (Å²) in [6, 6.07) is 6.20. The molecule has 2 aromatic rings. The maximum atomic E-state index is 13.8. The van der Waals surface area contributed by atoms with Crippen molar-refractivity contribution in [2.75, 3.05) is 14.2 Å². The number of halogens is 1. The summed E-state index contributed by atoms with van der Waals surface area (Å²) in [5.74, 6) is -1.58. The second-order valence-corrected chi connectivity index (χ2v) is 6.04. The van der Waals surface area contributed by atoms with Gasteiger partial charge in [-0.2, -0.15) is 0 Å². The Morgan fingerprint density at radius 3 is 2.46 bits per heavy atom. The number of ketones is 1. The second kappa shape index (κ2) is 7.95. The SMILES string of the molecule is COC(=O)c1c(CC(=O)N(C)Cc2ccccc2F)[nH]c(C(C)=O)c1C. The first kappa shape index (κ1) is 19.4. The summed E-state index contributed by atoms with van der Waals surface area (Å²) in [4.78, 5) is 40.5. The lowest BCUT2D eigenvalue weighted by atomic mass is 10.1. The van der Waals surface area contributed by atoms with Crippen LogP contribution in [0.2, 0.25) is 0 Å². The predicted octanol–water partition coefficient (Wildman–Crippen LogP) is 2.65. The quantitative estimate of drug-likeness (QED) is 0.634. The van der Waals surface area contributed by atoms with E-state index in [0.717, 1.165) is 0 Å². The van der Waals surface area contributed by atoms with Crippen LogP contribution in [0.15, 0.2) is 24.3 Å². The van der Waals surface area contributed by atoms with E-state index < -0.39 is 11.8 Å². The van der Waals surface area contributed by atoms with E-state index in [0.29, 0.717) is 16.8 Å². The van der Waals surface area contributed by atoms with Crippen LogP contribution < -0.4 is 0 Å². The van der Waals surface area contributed by atoms with Gasteiger partial charge in [0.15, 0.2) is 5.78 Å². The van der Waals surface area contributed by atoms with Crippen LogP contribution in [0.1, 0.15) is 44.6 Å². The lowest BCUT2D eigenvalue weighted by Crippen LogP contribution is -2.28. The Bertz CT molecular complexity index is 857. The van der Waals surface area contributed by atoms with E-state index in [1.165, 1.54) is 25.0 Å². The number of carbonyl (C=O) groups is 3. The maximum Gasteiger partial charge on any atom is 0.339 e. The smallest absolute Gasteiger partial charge is 0.339 e. The van der Waals surface area contributed by atoms with Crippen LogP contribution in [0.3, 0.4) is 0 Å². The van der Waals surface area contributed by atoms with Crippen LogP contribution in [0, 0.1) is 12.7 Å². The number of ether oxygens (including phenoxy) is 1. The van der Waals surface area contributed by atoms with Crippen molar-refractivity contribution >= 4 is 17.7 Å². The molecule has 1 aromatic carbocycles. The Morgan fingerprint density at radius 1 is 1.23 bits per heavy atom. The van der Waals surface area contributed by atoms with Gasteiger partial charge in [0.05, 0.1) is 24.8 Å². The number of hydrogen-bond acceptors (Lipinski definition) is 4. The number of hydrogen-bond donors (Lipinski definition) is 1. The first-order chi connectivity index (χ1) is 12.3. The maximum absolute atomic E-state index is 13.8. The van der Waals surface area contributed by atoms with Crippen molar-refractivity contribution in [2.45, 2.75) is 26.8 Å².